The lowest BCUT2D eigenvalue weighted by Gasteiger charge is -2.08. The van der Waals surface area contributed by atoms with Gasteiger partial charge < -0.3 is 10.1 Å². The molecule has 3 nitrogen and oxygen atoms in total. The van der Waals surface area contributed by atoms with Gasteiger partial charge in [-0.05, 0) is 47.1 Å². The van der Waals surface area contributed by atoms with Crippen LogP contribution in [-0.4, -0.2) is 11.6 Å². The SMILES string of the molecule is CCOc1cccc(NCc2cccc(Br)n2)c1. The van der Waals surface area contributed by atoms with Crippen molar-refractivity contribution in [2.24, 2.45) is 0 Å². The highest BCUT2D eigenvalue weighted by Crippen LogP contribution is 2.18. The van der Waals surface area contributed by atoms with Gasteiger partial charge in [-0.2, -0.15) is 0 Å². The van der Waals surface area contributed by atoms with E-state index in [1.165, 1.54) is 0 Å². The fourth-order valence-corrected chi connectivity index (χ4v) is 1.98. The molecule has 0 amide bonds. The van der Waals surface area contributed by atoms with E-state index in [4.69, 9.17) is 4.74 Å². The zero-order valence-electron chi connectivity index (χ0n) is 10.2. The number of halogens is 1. The van der Waals surface area contributed by atoms with Crippen LogP contribution in [0.5, 0.6) is 5.75 Å². The van der Waals surface area contributed by atoms with Crippen molar-refractivity contribution in [3.63, 3.8) is 0 Å². The summed E-state index contributed by atoms with van der Waals surface area (Å²) in [5, 5.41) is 3.32. The van der Waals surface area contributed by atoms with Gasteiger partial charge >= 0.3 is 0 Å². The van der Waals surface area contributed by atoms with E-state index in [0.29, 0.717) is 13.2 Å². The lowest BCUT2D eigenvalue weighted by molar-refractivity contribution is 0.340. The Balaban J connectivity index is 1.99. The van der Waals surface area contributed by atoms with E-state index in [-0.39, 0.29) is 0 Å². The van der Waals surface area contributed by atoms with Crippen molar-refractivity contribution >= 4 is 21.6 Å². The molecule has 0 fully saturated rings. The molecule has 0 aliphatic heterocycles. The lowest BCUT2D eigenvalue weighted by atomic mass is 10.3. The van der Waals surface area contributed by atoms with Crippen LogP contribution in [0.2, 0.25) is 0 Å². The first-order valence-electron chi connectivity index (χ1n) is 5.86. The second-order valence-electron chi connectivity index (χ2n) is 3.77. The Bertz CT molecular complexity index is 517. The molecule has 0 spiro atoms. The predicted octanol–water partition coefficient (Wildman–Crippen LogP) is 3.85. The average Bonchev–Trinajstić information content (AvgIpc) is 2.37. The average molecular weight is 307 g/mol. The Hall–Kier alpha value is -1.55. The Morgan fingerprint density at radius 2 is 2.06 bits per heavy atom. The molecule has 0 saturated carbocycles. The first-order chi connectivity index (χ1) is 8.78. The van der Waals surface area contributed by atoms with Gasteiger partial charge in [-0.1, -0.05) is 12.1 Å². The van der Waals surface area contributed by atoms with Gasteiger partial charge in [-0.25, -0.2) is 4.98 Å². The van der Waals surface area contributed by atoms with Crippen molar-refractivity contribution in [2.75, 3.05) is 11.9 Å². The van der Waals surface area contributed by atoms with Gasteiger partial charge in [0.05, 0.1) is 18.8 Å². The summed E-state index contributed by atoms with van der Waals surface area (Å²) in [6.45, 7) is 3.34. The van der Waals surface area contributed by atoms with E-state index in [9.17, 15) is 0 Å². The molecular weight excluding hydrogens is 292 g/mol. The minimum atomic E-state index is 0.677. The van der Waals surface area contributed by atoms with Gasteiger partial charge in [-0.3, -0.25) is 0 Å². The number of ether oxygens (including phenoxy) is 1. The predicted molar refractivity (Wildman–Crippen MR) is 76.9 cm³/mol. The molecule has 1 aromatic carbocycles. The zero-order valence-corrected chi connectivity index (χ0v) is 11.8. The van der Waals surface area contributed by atoms with E-state index in [0.717, 1.165) is 21.7 Å². The van der Waals surface area contributed by atoms with Crippen molar-refractivity contribution in [1.82, 2.24) is 4.98 Å². The number of pyridine rings is 1. The lowest BCUT2D eigenvalue weighted by Crippen LogP contribution is -2.02. The summed E-state index contributed by atoms with van der Waals surface area (Å²) in [7, 11) is 0. The van der Waals surface area contributed by atoms with E-state index in [1.807, 2.05) is 49.4 Å². The molecule has 2 rings (SSSR count). The summed E-state index contributed by atoms with van der Waals surface area (Å²) in [5.41, 5.74) is 2.02. The highest BCUT2D eigenvalue weighted by molar-refractivity contribution is 9.10. The minimum Gasteiger partial charge on any atom is -0.494 e. The molecule has 0 aliphatic carbocycles. The summed E-state index contributed by atoms with van der Waals surface area (Å²) in [6.07, 6.45) is 0. The Morgan fingerprint density at radius 3 is 2.83 bits per heavy atom. The third-order valence-electron chi connectivity index (χ3n) is 2.39. The number of rotatable bonds is 5. The number of benzene rings is 1. The molecular formula is C14H15BrN2O. The van der Waals surface area contributed by atoms with E-state index >= 15 is 0 Å². The van der Waals surface area contributed by atoms with Crippen molar-refractivity contribution in [1.29, 1.82) is 0 Å². The van der Waals surface area contributed by atoms with Gasteiger partial charge in [0.15, 0.2) is 0 Å². The molecule has 0 unspecified atom stereocenters. The van der Waals surface area contributed by atoms with Crippen LogP contribution in [0.25, 0.3) is 0 Å². The third-order valence-corrected chi connectivity index (χ3v) is 2.83. The van der Waals surface area contributed by atoms with Gasteiger partial charge in [0.2, 0.25) is 0 Å². The van der Waals surface area contributed by atoms with Gasteiger partial charge in [0.25, 0.3) is 0 Å². The molecule has 0 bridgehead atoms. The first kappa shape index (κ1) is 12.9. The van der Waals surface area contributed by atoms with Crippen LogP contribution < -0.4 is 10.1 Å². The Labute approximate surface area is 115 Å². The second kappa shape index (κ2) is 6.40. The highest BCUT2D eigenvalue weighted by atomic mass is 79.9. The molecule has 2 aromatic rings. The maximum atomic E-state index is 5.45. The molecule has 94 valence electrons. The standard InChI is InChI=1S/C14H15BrN2O/c1-2-18-13-7-3-5-11(9-13)16-10-12-6-4-8-14(15)17-12/h3-9,16H,2,10H2,1H3. The van der Waals surface area contributed by atoms with Crippen LogP contribution in [0.15, 0.2) is 47.1 Å². The zero-order chi connectivity index (χ0) is 12.8. The third kappa shape index (κ3) is 3.74. The number of aromatic nitrogens is 1. The normalized spacial score (nSPS) is 10.1. The summed E-state index contributed by atoms with van der Waals surface area (Å²) >= 11 is 3.36. The fraction of sp³-hybridized carbons (Fsp3) is 0.214. The minimum absolute atomic E-state index is 0.677. The topological polar surface area (TPSA) is 34.1 Å². The molecule has 1 N–H and O–H groups in total. The maximum absolute atomic E-state index is 5.45. The molecule has 1 aromatic heterocycles. The number of nitrogens with one attached hydrogen (secondary N) is 1. The van der Waals surface area contributed by atoms with Crippen LogP contribution in [0.3, 0.4) is 0 Å². The summed E-state index contributed by atoms with van der Waals surface area (Å²) < 4.78 is 6.31. The largest absolute Gasteiger partial charge is 0.494 e. The second-order valence-corrected chi connectivity index (χ2v) is 4.58. The molecule has 0 saturated heterocycles. The molecule has 0 aliphatic rings. The summed E-state index contributed by atoms with van der Waals surface area (Å²) in [4.78, 5) is 4.37. The van der Waals surface area contributed by atoms with Crippen molar-refractivity contribution in [3.05, 3.63) is 52.8 Å². The van der Waals surface area contributed by atoms with Crippen LogP contribution in [0.4, 0.5) is 5.69 Å². The smallest absolute Gasteiger partial charge is 0.121 e. The van der Waals surface area contributed by atoms with Gasteiger partial charge in [-0.15, -0.1) is 0 Å². The highest BCUT2D eigenvalue weighted by Gasteiger charge is 1.98. The van der Waals surface area contributed by atoms with Crippen LogP contribution >= 0.6 is 15.9 Å². The molecule has 1 heterocycles. The van der Waals surface area contributed by atoms with Gasteiger partial charge in [0, 0.05) is 11.8 Å². The summed E-state index contributed by atoms with van der Waals surface area (Å²) in [5.74, 6) is 0.879. The fourth-order valence-electron chi connectivity index (χ4n) is 1.60. The molecule has 0 atom stereocenters. The van der Waals surface area contributed by atoms with Crippen LogP contribution in [-0.2, 0) is 6.54 Å². The van der Waals surface area contributed by atoms with Crippen molar-refractivity contribution in [2.45, 2.75) is 13.5 Å². The molecule has 18 heavy (non-hydrogen) atoms. The summed E-state index contributed by atoms with van der Waals surface area (Å²) in [6, 6.07) is 13.8. The number of nitrogens with zero attached hydrogens (tertiary/aromatic N) is 1. The van der Waals surface area contributed by atoms with E-state index < -0.39 is 0 Å². The molecule has 0 radical (unpaired) electrons. The quantitative estimate of drug-likeness (QED) is 0.852. The number of hydrogen-bond acceptors (Lipinski definition) is 3. The van der Waals surface area contributed by atoms with Crippen LogP contribution in [0, 0.1) is 0 Å². The van der Waals surface area contributed by atoms with E-state index in [1.54, 1.807) is 0 Å². The van der Waals surface area contributed by atoms with Crippen LogP contribution in [0.1, 0.15) is 12.6 Å². The Kier molecular flexibility index (Phi) is 4.59. The monoisotopic (exact) mass is 306 g/mol. The molecule has 4 heteroatoms. The van der Waals surface area contributed by atoms with Crippen molar-refractivity contribution in [3.8, 4) is 5.75 Å². The maximum Gasteiger partial charge on any atom is 0.121 e. The first-order valence-corrected chi connectivity index (χ1v) is 6.65. The van der Waals surface area contributed by atoms with Crippen molar-refractivity contribution < 1.29 is 4.74 Å². The number of hydrogen-bond donors (Lipinski definition) is 1. The van der Waals surface area contributed by atoms with Gasteiger partial charge in [0.1, 0.15) is 10.4 Å². The van der Waals surface area contributed by atoms with E-state index in [2.05, 4.69) is 26.2 Å². The Morgan fingerprint density at radius 1 is 1.22 bits per heavy atom. The number of anilines is 1.